The number of benzene rings is 1. The minimum atomic E-state index is -0.145. The molecule has 0 heterocycles. The predicted molar refractivity (Wildman–Crippen MR) is 60.8 cm³/mol. The SMILES string of the molecule is C#CCCCCNCc1ccccc1F. The molecular weight excluding hydrogens is 189 g/mol. The van der Waals surface area contributed by atoms with E-state index in [0.717, 1.165) is 31.4 Å². The fourth-order valence-electron chi connectivity index (χ4n) is 1.34. The number of rotatable bonds is 6. The first-order valence-electron chi connectivity index (χ1n) is 5.22. The van der Waals surface area contributed by atoms with Crippen molar-refractivity contribution in [1.29, 1.82) is 0 Å². The van der Waals surface area contributed by atoms with Crippen molar-refractivity contribution >= 4 is 0 Å². The molecule has 0 radical (unpaired) electrons. The van der Waals surface area contributed by atoms with Gasteiger partial charge in [0.25, 0.3) is 0 Å². The van der Waals surface area contributed by atoms with Gasteiger partial charge in [-0.2, -0.15) is 0 Å². The highest BCUT2D eigenvalue weighted by molar-refractivity contribution is 5.16. The van der Waals surface area contributed by atoms with Crippen molar-refractivity contribution in [2.75, 3.05) is 6.54 Å². The van der Waals surface area contributed by atoms with Crippen LogP contribution < -0.4 is 5.32 Å². The van der Waals surface area contributed by atoms with E-state index in [1.54, 1.807) is 12.1 Å². The zero-order valence-electron chi connectivity index (χ0n) is 8.80. The van der Waals surface area contributed by atoms with Crippen molar-refractivity contribution in [3.8, 4) is 12.3 Å². The second-order valence-corrected chi connectivity index (χ2v) is 3.43. The molecule has 1 aromatic rings. The lowest BCUT2D eigenvalue weighted by molar-refractivity contribution is 0.577. The first-order chi connectivity index (χ1) is 7.34. The summed E-state index contributed by atoms with van der Waals surface area (Å²) in [4.78, 5) is 0. The number of hydrogen-bond donors (Lipinski definition) is 1. The van der Waals surface area contributed by atoms with Crippen LogP contribution in [0.25, 0.3) is 0 Å². The lowest BCUT2D eigenvalue weighted by Gasteiger charge is -2.04. The Morgan fingerprint density at radius 3 is 2.80 bits per heavy atom. The van der Waals surface area contributed by atoms with E-state index < -0.39 is 0 Å². The summed E-state index contributed by atoms with van der Waals surface area (Å²) < 4.78 is 13.2. The molecule has 1 nitrogen and oxygen atoms in total. The number of terminal acetylenes is 1. The molecule has 0 saturated heterocycles. The standard InChI is InChI=1S/C13H16FN/c1-2-3-4-7-10-15-11-12-8-5-6-9-13(12)14/h1,5-6,8-9,15H,3-4,7,10-11H2. The van der Waals surface area contributed by atoms with E-state index >= 15 is 0 Å². The monoisotopic (exact) mass is 205 g/mol. The third kappa shape index (κ3) is 4.62. The summed E-state index contributed by atoms with van der Waals surface area (Å²) in [5.41, 5.74) is 0.717. The van der Waals surface area contributed by atoms with Crippen molar-refractivity contribution in [1.82, 2.24) is 5.32 Å². The molecule has 1 rings (SSSR count). The van der Waals surface area contributed by atoms with E-state index in [4.69, 9.17) is 6.42 Å². The molecule has 0 bridgehead atoms. The van der Waals surface area contributed by atoms with Gasteiger partial charge in [0, 0.05) is 18.5 Å². The molecule has 0 aromatic heterocycles. The lowest BCUT2D eigenvalue weighted by atomic mass is 10.2. The summed E-state index contributed by atoms with van der Waals surface area (Å²) in [5, 5.41) is 3.19. The fraction of sp³-hybridized carbons (Fsp3) is 0.385. The van der Waals surface area contributed by atoms with Gasteiger partial charge in [0.1, 0.15) is 5.82 Å². The maximum absolute atomic E-state index is 13.2. The predicted octanol–water partition coefficient (Wildman–Crippen LogP) is 2.72. The topological polar surface area (TPSA) is 12.0 Å². The molecule has 0 amide bonds. The average Bonchev–Trinajstić information content (AvgIpc) is 2.25. The first kappa shape index (κ1) is 11.7. The Kier molecular flexibility index (Phi) is 5.50. The van der Waals surface area contributed by atoms with Crippen LogP contribution in [-0.4, -0.2) is 6.54 Å². The summed E-state index contributed by atoms with van der Waals surface area (Å²) in [6, 6.07) is 6.82. The summed E-state index contributed by atoms with van der Waals surface area (Å²) in [7, 11) is 0. The molecule has 0 aliphatic carbocycles. The van der Waals surface area contributed by atoms with Gasteiger partial charge in [0.05, 0.1) is 0 Å². The van der Waals surface area contributed by atoms with Gasteiger partial charge < -0.3 is 5.32 Å². The van der Waals surface area contributed by atoms with E-state index in [9.17, 15) is 4.39 Å². The molecule has 0 spiro atoms. The number of hydrogen-bond acceptors (Lipinski definition) is 1. The highest BCUT2D eigenvalue weighted by Crippen LogP contribution is 2.05. The van der Waals surface area contributed by atoms with Crippen LogP contribution >= 0.6 is 0 Å². The van der Waals surface area contributed by atoms with Crippen molar-refractivity contribution < 1.29 is 4.39 Å². The zero-order valence-corrected chi connectivity index (χ0v) is 8.80. The van der Waals surface area contributed by atoms with E-state index in [-0.39, 0.29) is 5.82 Å². The second-order valence-electron chi connectivity index (χ2n) is 3.43. The first-order valence-corrected chi connectivity index (χ1v) is 5.22. The van der Waals surface area contributed by atoms with Crippen LogP contribution in [0.2, 0.25) is 0 Å². The molecule has 0 atom stereocenters. The van der Waals surface area contributed by atoms with Crippen molar-refractivity contribution in [2.45, 2.75) is 25.8 Å². The van der Waals surface area contributed by atoms with Crippen LogP contribution in [0.4, 0.5) is 4.39 Å². The molecule has 0 fully saturated rings. The van der Waals surface area contributed by atoms with Crippen LogP contribution in [0.1, 0.15) is 24.8 Å². The van der Waals surface area contributed by atoms with Crippen molar-refractivity contribution in [3.63, 3.8) is 0 Å². The minimum Gasteiger partial charge on any atom is -0.313 e. The maximum Gasteiger partial charge on any atom is 0.127 e. The Labute approximate surface area is 90.7 Å². The van der Waals surface area contributed by atoms with Crippen LogP contribution in [0.3, 0.4) is 0 Å². The normalized spacial score (nSPS) is 9.87. The zero-order chi connectivity index (χ0) is 10.9. The highest BCUT2D eigenvalue weighted by Gasteiger charge is 1.98. The average molecular weight is 205 g/mol. The molecule has 0 saturated carbocycles. The van der Waals surface area contributed by atoms with Gasteiger partial charge in [-0.1, -0.05) is 18.2 Å². The summed E-state index contributed by atoms with van der Waals surface area (Å²) in [5.74, 6) is 2.45. The van der Waals surface area contributed by atoms with Gasteiger partial charge in [-0.15, -0.1) is 12.3 Å². The Morgan fingerprint density at radius 1 is 1.27 bits per heavy atom. The maximum atomic E-state index is 13.2. The van der Waals surface area contributed by atoms with E-state index in [2.05, 4.69) is 11.2 Å². The highest BCUT2D eigenvalue weighted by atomic mass is 19.1. The number of unbranched alkanes of at least 4 members (excludes halogenated alkanes) is 2. The Balaban J connectivity index is 2.16. The smallest absolute Gasteiger partial charge is 0.127 e. The Morgan fingerprint density at radius 2 is 2.07 bits per heavy atom. The van der Waals surface area contributed by atoms with Crippen molar-refractivity contribution in [2.24, 2.45) is 0 Å². The molecule has 15 heavy (non-hydrogen) atoms. The summed E-state index contributed by atoms with van der Waals surface area (Å²) in [6.45, 7) is 1.47. The molecule has 1 N–H and O–H groups in total. The number of nitrogens with one attached hydrogen (secondary N) is 1. The van der Waals surface area contributed by atoms with Crippen LogP contribution in [0.5, 0.6) is 0 Å². The molecule has 0 aliphatic heterocycles. The van der Waals surface area contributed by atoms with Crippen molar-refractivity contribution in [3.05, 3.63) is 35.6 Å². The second kappa shape index (κ2) is 7.03. The van der Waals surface area contributed by atoms with E-state index in [1.807, 2.05) is 6.07 Å². The molecule has 2 heteroatoms. The van der Waals surface area contributed by atoms with Gasteiger partial charge in [-0.3, -0.25) is 0 Å². The van der Waals surface area contributed by atoms with Crippen LogP contribution in [-0.2, 0) is 6.54 Å². The van der Waals surface area contributed by atoms with E-state index in [1.165, 1.54) is 6.07 Å². The molecule has 80 valence electrons. The Bertz CT molecular complexity index is 328. The number of halogens is 1. The molecule has 1 aromatic carbocycles. The van der Waals surface area contributed by atoms with Gasteiger partial charge in [-0.25, -0.2) is 4.39 Å². The molecule has 0 unspecified atom stereocenters. The third-order valence-corrected chi connectivity index (χ3v) is 2.20. The summed E-state index contributed by atoms with van der Waals surface area (Å²) >= 11 is 0. The minimum absolute atomic E-state index is 0.145. The van der Waals surface area contributed by atoms with Gasteiger partial charge in [0.15, 0.2) is 0 Å². The lowest BCUT2D eigenvalue weighted by Crippen LogP contribution is -2.15. The quantitative estimate of drug-likeness (QED) is 0.556. The largest absolute Gasteiger partial charge is 0.313 e. The van der Waals surface area contributed by atoms with Gasteiger partial charge >= 0.3 is 0 Å². The molecule has 0 aliphatic rings. The van der Waals surface area contributed by atoms with Gasteiger partial charge in [-0.05, 0) is 25.5 Å². The van der Waals surface area contributed by atoms with Crippen LogP contribution in [0.15, 0.2) is 24.3 Å². The third-order valence-electron chi connectivity index (χ3n) is 2.20. The Hall–Kier alpha value is -1.33. The molecular formula is C13H16FN. The summed E-state index contributed by atoms with van der Waals surface area (Å²) in [6.07, 6.45) is 8.02. The fourth-order valence-corrected chi connectivity index (χ4v) is 1.34. The van der Waals surface area contributed by atoms with Gasteiger partial charge in [0.2, 0.25) is 0 Å². The van der Waals surface area contributed by atoms with E-state index in [0.29, 0.717) is 6.54 Å². The van der Waals surface area contributed by atoms with Crippen LogP contribution in [0, 0.1) is 18.2 Å².